The number of carbonyl (C=O) groups excluding carboxylic acids is 2. The standard InChI is InChI=1S/C16H28O6/c1-4-7-21-9-12(17)10-22-16(19)14-8-11(2)5-6-13(14)15(18)20-3/h11-14,17H,4-10H2,1-3H3. The predicted octanol–water partition coefficient (Wildman–Crippen LogP) is 1.54. The van der Waals surface area contributed by atoms with Crippen LogP contribution in [0.2, 0.25) is 0 Å². The molecule has 4 unspecified atom stereocenters. The summed E-state index contributed by atoms with van der Waals surface area (Å²) >= 11 is 0. The molecule has 1 fully saturated rings. The van der Waals surface area contributed by atoms with Gasteiger partial charge in [-0.2, -0.15) is 0 Å². The van der Waals surface area contributed by atoms with Crippen molar-refractivity contribution >= 4 is 11.9 Å². The number of hydrogen-bond acceptors (Lipinski definition) is 6. The molecule has 0 amide bonds. The van der Waals surface area contributed by atoms with Gasteiger partial charge in [-0.3, -0.25) is 9.59 Å². The van der Waals surface area contributed by atoms with Crippen molar-refractivity contribution in [1.29, 1.82) is 0 Å². The molecule has 1 aliphatic carbocycles. The van der Waals surface area contributed by atoms with Gasteiger partial charge in [-0.05, 0) is 31.6 Å². The van der Waals surface area contributed by atoms with Crippen LogP contribution in [0.15, 0.2) is 0 Å². The third-order valence-electron chi connectivity index (χ3n) is 4.00. The largest absolute Gasteiger partial charge is 0.469 e. The molecule has 0 radical (unpaired) electrons. The second-order valence-corrected chi connectivity index (χ2v) is 6.01. The Hall–Kier alpha value is -1.14. The van der Waals surface area contributed by atoms with Gasteiger partial charge < -0.3 is 19.3 Å². The minimum absolute atomic E-state index is 0.110. The van der Waals surface area contributed by atoms with Crippen LogP contribution in [0.3, 0.4) is 0 Å². The fourth-order valence-electron chi connectivity index (χ4n) is 2.77. The van der Waals surface area contributed by atoms with Crippen molar-refractivity contribution in [2.24, 2.45) is 17.8 Å². The Bertz CT molecular complexity index is 357. The average molecular weight is 316 g/mol. The zero-order valence-electron chi connectivity index (χ0n) is 13.7. The van der Waals surface area contributed by atoms with E-state index in [1.165, 1.54) is 7.11 Å². The van der Waals surface area contributed by atoms with Crippen LogP contribution >= 0.6 is 0 Å². The highest BCUT2D eigenvalue weighted by Gasteiger charge is 2.39. The maximum Gasteiger partial charge on any atom is 0.309 e. The van der Waals surface area contributed by atoms with Crippen molar-refractivity contribution in [3.05, 3.63) is 0 Å². The van der Waals surface area contributed by atoms with Crippen LogP contribution in [-0.4, -0.2) is 50.1 Å². The molecule has 0 aromatic rings. The van der Waals surface area contributed by atoms with Crippen molar-refractivity contribution in [1.82, 2.24) is 0 Å². The quantitative estimate of drug-likeness (QED) is 0.540. The van der Waals surface area contributed by atoms with Gasteiger partial charge in [0.25, 0.3) is 0 Å². The topological polar surface area (TPSA) is 82.1 Å². The highest BCUT2D eigenvalue weighted by molar-refractivity contribution is 5.82. The number of ether oxygens (including phenoxy) is 3. The maximum atomic E-state index is 12.2. The third kappa shape index (κ3) is 5.93. The summed E-state index contributed by atoms with van der Waals surface area (Å²) in [5.74, 6) is -1.35. The molecule has 0 bridgehead atoms. The molecular formula is C16H28O6. The summed E-state index contributed by atoms with van der Waals surface area (Å²) in [5, 5.41) is 9.70. The van der Waals surface area contributed by atoms with Crippen LogP contribution in [0.25, 0.3) is 0 Å². The molecule has 0 aromatic carbocycles. The molecule has 1 aliphatic rings. The minimum Gasteiger partial charge on any atom is -0.469 e. The van der Waals surface area contributed by atoms with E-state index in [0.29, 0.717) is 25.4 Å². The molecule has 22 heavy (non-hydrogen) atoms. The number of aliphatic hydroxyl groups excluding tert-OH is 1. The summed E-state index contributed by atoms with van der Waals surface area (Å²) in [6, 6.07) is 0. The Kier molecular flexibility index (Phi) is 8.42. The fraction of sp³-hybridized carbons (Fsp3) is 0.875. The number of rotatable bonds is 8. The summed E-state index contributed by atoms with van der Waals surface area (Å²) in [6.07, 6.45) is 2.18. The first kappa shape index (κ1) is 18.9. The SMILES string of the molecule is CCCOCC(O)COC(=O)C1CC(C)CCC1C(=O)OC. The van der Waals surface area contributed by atoms with Crippen LogP contribution in [0.4, 0.5) is 0 Å². The molecule has 0 saturated heterocycles. The fourth-order valence-corrected chi connectivity index (χ4v) is 2.77. The lowest BCUT2D eigenvalue weighted by Crippen LogP contribution is -2.38. The van der Waals surface area contributed by atoms with E-state index in [4.69, 9.17) is 14.2 Å². The summed E-state index contributed by atoms with van der Waals surface area (Å²) in [7, 11) is 1.33. The molecule has 1 rings (SSSR count). The normalized spacial score (nSPS) is 26.3. The Labute approximate surface area is 132 Å². The number of methoxy groups -OCH3 is 1. The van der Waals surface area contributed by atoms with Crippen molar-refractivity contribution in [3.8, 4) is 0 Å². The van der Waals surface area contributed by atoms with Gasteiger partial charge in [0.2, 0.25) is 0 Å². The summed E-state index contributed by atoms with van der Waals surface area (Å²) in [5.41, 5.74) is 0. The lowest BCUT2D eigenvalue weighted by Gasteiger charge is -2.31. The Balaban J connectivity index is 2.47. The molecular weight excluding hydrogens is 288 g/mol. The van der Waals surface area contributed by atoms with E-state index in [-0.39, 0.29) is 19.2 Å². The van der Waals surface area contributed by atoms with Crippen LogP contribution in [0.1, 0.15) is 39.5 Å². The number of hydrogen-bond donors (Lipinski definition) is 1. The van der Waals surface area contributed by atoms with Crippen LogP contribution in [-0.2, 0) is 23.8 Å². The number of esters is 2. The van der Waals surface area contributed by atoms with E-state index in [1.54, 1.807) is 0 Å². The number of aliphatic hydroxyl groups is 1. The van der Waals surface area contributed by atoms with Gasteiger partial charge >= 0.3 is 11.9 Å². The van der Waals surface area contributed by atoms with Crippen LogP contribution in [0, 0.1) is 17.8 Å². The van der Waals surface area contributed by atoms with E-state index >= 15 is 0 Å². The second-order valence-electron chi connectivity index (χ2n) is 6.01. The van der Waals surface area contributed by atoms with Gasteiger partial charge in [-0.25, -0.2) is 0 Å². The molecule has 0 spiro atoms. The van der Waals surface area contributed by atoms with Crippen molar-refractivity contribution in [2.75, 3.05) is 26.9 Å². The summed E-state index contributed by atoms with van der Waals surface area (Å²) in [6.45, 7) is 4.63. The Morgan fingerprint density at radius 3 is 2.55 bits per heavy atom. The van der Waals surface area contributed by atoms with E-state index in [9.17, 15) is 14.7 Å². The van der Waals surface area contributed by atoms with Crippen molar-refractivity contribution < 1.29 is 28.9 Å². The van der Waals surface area contributed by atoms with Gasteiger partial charge in [-0.1, -0.05) is 13.8 Å². The minimum atomic E-state index is -0.840. The molecule has 0 aromatic heterocycles. The molecule has 0 aliphatic heterocycles. The van der Waals surface area contributed by atoms with Gasteiger partial charge in [0.05, 0.1) is 25.6 Å². The average Bonchev–Trinajstić information content (AvgIpc) is 2.52. The summed E-state index contributed by atoms with van der Waals surface area (Å²) in [4.78, 5) is 24.0. The van der Waals surface area contributed by atoms with Gasteiger partial charge in [0.15, 0.2) is 0 Å². The maximum absolute atomic E-state index is 12.2. The van der Waals surface area contributed by atoms with E-state index in [0.717, 1.165) is 12.8 Å². The first-order valence-electron chi connectivity index (χ1n) is 7.99. The van der Waals surface area contributed by atoms with Gasteiger partial charge in [0.1, 0.15) is 12.7 Å². The lowest BCUT2D eigenvalue weighted by molar-refractivity contribution is -0.164. The summed E-state index contributed by atoms with van der Waals surface area (Å²) < 4.78 is 15.2. The Morgan fingerprint density at radius 2 is 1.91 bits per heavy atom. The highest BCUT2D eigenvalue weighted by Crippen LogP contribution is 2.35. The highest BCUT2D eigenvalue weighted by atomic mass is 16.6. The molecule has 6 heteroatoms. The van der Waals surface area contributed by atoms with Crippen molar-refractivity contribution in [3.63, 3.8) is 0 Å². The molecule has 4 atom stereocenters. The first-order chi connectivity index (χ1) is 10.5. The zero-order valence-corrected chi connectivity index (χ0v) is 13.7. The van der Waals surface area contributed by atoms with Gasteiger partial charge in [0, 0.05) is 6.61 Å². The van der Waals surface area contributed by atoms with E-state index in [2.05, 4.69) is 6.92 Å². The third-order valence-corrected chi connectivity index (χ3v) is 4.00. The van der Waals surface area contributed by atoms with E-state index < -0.39 is 23.9 Å². The first-order valence-corrected chi connectivity index (χ1v) is 7.99. The second kappa shape index (κ2) is 9.79. The zero-order chi connectivity index (χ0) is 16.5. The van der Waals surface area contributed by atoms with Crippen molar-refractivity contribution in [2.45, 2.75) is 45.6 Å². The number of carbonyl (C=O) groups is 2. The molecule has 6 nitrogen and oxygen atoms in total. The van der Waals surface area contributed by atoms with Gasteiger partial charge in [-0.15, -0.1) is 0 Å². The predicted molar refractivity (Wildman–Crippen MR) is 80.1 cm³/mol. The van der Waals surface area contributed by atoms with Crippen LogP contribution in [0.5, 0.6) is 0 Å². The molecule has 1 N–H and O–H groups in total. The Morgan fingerprint density at radius 1 is 1.18 bits per heavy atom. The van der Waals surface area contributed by atoms with Crippen LogP contribution < -0.4 is 0 Å². The molecule has 128 valence electrons. The smallest absolute Gasteiger partial charge is 0.309 e. The monoisotopic (exact) mass is 316 g/mol. The molecule has 0 heterocycles. The molecule has 1 saturated carbocycles. The van der Waals surface area contributed by atoms with E-state index in [1.807, 2.05) is 6.92 Å². The lowest BCUT2D eigenvalue weighted by atomic mass is 9.74.